The van der Waals surface area contributed by atoms with Crippen molar-refractivity contribution in [2.75, 3.05) is 39.8 Å². The van der Waals surface area contributed by atoms with Crippen molar-refractivity contribution in [1.82, 2.24) is 9.47 Å². The van der Waals surface area contributed by atoms with E-state index in [2.05, 4.69) is 49.6 Å². The molecule has 0 aromatic rings. The van der Waals surface area contributed by atoms with E-state index in [0.29, 0.717) is 0 Å². The van der Waals surface area contributed by atoms with Gasteiger partial charge in [0.05, 0.1) is 0 Å². The Balaban J connectivity index is 2.44. The lowest BCUT2D eigenvalue weighted by atomic mass is 10.4. The summed E-state index contributed by atoms with van der Waals surface area (Å²) in [5.41, 5.74) is 0. The van der Waals surface area contributed by atoms with E-state index in [1.54, 1.807) is 0 Å². The first-order valence-electron chi connectivity index (χ1n) is 7.34. The summed E-state index contributed by atoms with van der Waals surface area (Å²) in [6.07, 6.45) is 0. The van der Waals surface area contributed by atoms with Gasteiger partial charge in [0.2, 0.25) is 0 Å². The molecule has 0 N–H and O–H groups in total. The summed E-state index contributed by atoms with van der Waals surface area (Å²) < 4.78 is 8.76. The van der Waals surface area contributed by atoms with E-state index >= 15 is 0 Å². The van der Waals surface area contributed by atoms with E-state index in [4.69, 9.17) is 4.43 Å². The Morgan fingerprint density at radius 1 is 0.944 bits per heavy atom. The van der Waals surface area contributed by atoms with Gasteiger partial charge in [0, 0.05) is 32.8 Å². The molecule has 0 aliphatic carbocycles. The zero-order valence-electron chi connectivity index (χ0n) is 13.3. The Hall–Kier alpha value is 0.314. The Bertz CT molecular complexity index is 251. The van der Waals surface area contributed by atoms with E-state index in [-0.39, 0.29) is 0 Å². The van der Waals surface area contributed by atoms with E-state index in [1.165, 1.54) is 38.3 Å². The van der Waals surface area contributed by atoms with Crippen LogP contribution in [0.3, 0.4) is 0 Å². The lowest BCUT2D eigenvalue weighted by Crippen LogP contribution is -2.57. The van der Waals surface area contributed by atoms with Crippen LogP contribution in [0.25, 0.3) is 0 Å². The summed E-state index contributed by atoms with van der Waals surface area (Å²) >= 11 is 0. The molecule has 0 aromatic carbocycles. The van der Waals surface area contributed by atoms with E-state index in [0.717, 1.165) is 6.61 Å². The van der Waals surface area contributed by atoms with Crippen LogP contribution >= 0.6 is 0 Å². The Kier molecular flexibility index (Phi) is 6.05. The number of nitrogens with zero attached hydrogens (tertiary/aromatic N) is 2. The van der Waals surface area contributed by atoms with Crippen LogP contribution in [-0.2, 0) is 4.43 Å². The normalized spacial score (nSPS) is 20.3. The van der Waals surface area contributed by atoms with Crippen LogP contribution in [0.15, 0.2) is 0 Å². The van der Waals surface area contributed by atoms with Gasteiger partial charge >= 0.3 is 0 Å². The maximum Gasteiger partial charge on any atom is 0.186 e. The molecular formula is C13H32N2OSi2. The van der Waals surface area contributed by atoms with Crippen LogP contribution in [0.2, 0.25) is 38.3 Å². The molecule has 1 aliphatic heterocycles. The highest BCUT2D eigenvalue weighted by molar-refractivity contribution is 6.78. The quantitative estimate of drug-likeness (QED) is 0.699. The van der Waals surface area contributed by atoms with Gasteiger partial charge in [-0.25, -0.2) is 0 Å². The fourth-order valence-electron chi connectivity index (χ4n) is 2.64. The average molecular weight is 289 g/mol. The van der Waals surface area contributed by atoms with Crippen LogP contribution in [-0.4, -0.2) is 65.9 Å². The third-order valence-corrected chi connectivity index (χ3v) is 10.9. The molecule has 1 saturated heterocycles. The molecule has 0 radical (unpaired) electrons. The van der Waals surface area contributed by atoms with Crippen LogP contribution < -0.4 is 0 Å². The molecule has 18 heavy (non-hydrogen) atoms. The second kappa shape index (κ2) is 6.65. The number of hydrogen-bond donors (Lipinski definition) is 0. The minimum atomic E-state index is -1.39. The Morgan fingerprint density at radius 2 is 1.50 bits per heavy atom. The van der Waals surface area contributed by atoms with Crippen molar-refractivity contribution in [3.8, 4) is 0 Å². The zero-order valence-corrected chi connectivity index (χ0v) is 15.3. The molecule has 1 aliphatic rings. The molecule has 0 saturated carbocycles. The first kappa shape index (κ1) is 16.4. The molecule has 0 atom stereocenters. The van der Waals surface area contributed by atoms with Crippen molar-refractivity contribution < 1.29 is 4.43 Å². The maximum absolute atomic E-state index is 5.96. The third-order valence-electron chi connectivity index (χ3n) is 4.23. The fraction of sp³-hybridized carbons (Fsp3) is 1.00. The van der Waals surface area contributed by atoms with Gasteiger partial charge in [-0.05, 0) is 39.2 Å². The predicted octanol–water partition coefficient (Wildman–Crippen LogP) is 2.68. The van der Waals surface area contributed by atoms with E-state index in [1.807, 2.05) is 0 Å². The minimum Gasteiger partial charge on any atom is -0.418 e. The fourth-order valence-corrected chi connectivity index (χ4v) is 10.1. The van der Waals surface area contributed by atoms with Gasteiger partial charge in [0.25, 0.3) is 0 Å². The summed E-state index contributed by atoms with van der Waals surface area (Å²) in [5, 5.41) is 0. The lowest BCUT2D eigenvalue weighted by Gasteiger charge is -2.43. The van der Waals surface area contributed by atoms with Crippen LogP contribution in [0, 0.1) is 0 Å². The highest BCUT2D eigenvalue weighted by Gasteiger charge is 2.34. The smallest absolute Gasteiger partial charge is 0.186 e. The summed E-state index contributed by atoms with van der Waals surface area (Å²) in [4.78, 5) is 2.44. The minimum absolute atomic E-state index is 0.885. The monoisotopic (exact) mass is 288 g/mol. The summed E-state index contributed by atoms with van der Waals surface area (Å²) in [5.74, 6) is 0. The molecule has 3 nitrogen and oxygen atoms in total. The highest BCUT2D eigenvalue weighted by Crippen LogP contribution is 2.24. The number of likely N-dealkylation sites (N-methyl/N-ethyl adjacent to an activating group) is 1. The Morgan fingerprint density at radius 3 is 2.00 bits per heavy atom. The van der Waals surface area contributed by atoms with Gasteiger partial charge in [-0.15, -0.1) is 0 Å². The molecule has 0 amide bonds. The summed E-state index contributed by atoms with van der Waals surface area (Å²) in [6.45, 7) is 17.8. The second-order valence-electron chi connectivity index (χ2n) is 6.80. The van der Waals surface area contributed by atoms with E-state index < -0.39 is 16.6 Å². The van der Waals surface area contributed by atoms with Crippen LogP contribution in [0.5, 0.6) is 0 Å². The molecule has 1 rings (SSSR count). The van der Waals surface area contributed by atoms with Crippen molar-refractivity contribution in [1.29, 1.82) is 0 Å². The standard InChI is InChI=1S/C13H32N2OSi2/c1-7-16-18(5,6)13-12-17(3,4)15-10-8-14(2)9-11-15/h7-13H2,1-6H3. The molecule has 108 valence electrons. The average Bonchev–Trinajstić information content (AvgIpc) is 2.27. The Labute approximate surface area is 116 Å². The molecule has 0 bridgehead atoms. The largest absolute Gasteiger partial charge is 0.418 e. The first-order chi connectivity index (χ1) is 8.27. The molecule has 0 unspecified atom stereocenters. The van der Waals surface area contributed by atoms with Gasteiger partial charge in [-0.2, -0.15) is 0 Å². The van der Waals surface area contributed by atoms with Crippen molar-refractivity contribution in [3.05, 3.63) is 0 Å². The number of hydrogen-bond acceptors (Lipinski definition) is 3. The van der Waals surface area contributed by atoms with Gasteiger partial charge in [0.15, 0.2) is 8.32 Å². The summed E-state index contributed by atoms with van der Waals surface area (Å²) in [7, 11) is -0.369. The maximum atomic E-state index is 5.96. The molecule has 5 heteroatoms. The topological polar surface area (TPSA) is 15.7 Å². The predicted molar refractivity (Wildman–Crippen MR) is 85.3 cm³/mol. The molecule has 0 spiro atoms. The number of piperazine rings is 1. The van der Waals surface area contributed by atoms with Crippen molar-refractivity contribution in [2.45, 2.75) is 45.2 Å². The first-order valence-corrected chi connectivity index (χ1v) is 13.6. The van der Waals surface area contributed by atoms with Crippen LogP contribution in [0.4, 0.5) is 0 Å². The highest BCUT2D eigenvalue weighted by atomic mass is 28.4. The van der Waals surface area contributed by atoms with Crippen molar-refractivity contribution in [3.63, 3.8) is 0 Å². The zero-order chi connectivity index (χ0) is 13.8. The van der Waals surface area contributed by atoms with Crippen molar-refractivity contribution in [2.24, 2.45) is 0 Å². The van der Waals surface area contributed by atoms with Gasteiger partial charge in [-0.1, -0.05) is 13.1 Å². The van der Waals surface area contributed by atoms with Gasteiger partial charge in [-0.3, -0.25) is 0 Å². The van der Waals surface area contributed by atoms with Crippen molar-refractivity contribution >= 4 is 16.6 Å². The molecule has 1 heterocycles. The van der Waals surface area contributed by atoms with Gasteiger partial charge < -0.3 is 13.9 Å². The lowest BCUT2D eigenvalue weighted by molar-refractivity contribution is 0.216. The molecular weight excluding hydrogens is 256 g/mol. The van der Waals surface area contributed by atoms with Crippen LogP contribution in [0.1, 0.15) is 6.92 Å². The van der Waals surface area contributed by atoms with E-state index in [9.17, 15) is 0 Å². The molecule has 1 fully saturated rings. The molecule has 0 aromatic heterocycles. The third kappa shape index (κ3) is 5.13. The summed E-state index contributed by atoms with van der Waals surface area (Å²) in [6, 6.07) is 2.72. The number of rotatable bonds is 6. The second-order valence-corrected chi connectivity index (χ2v) is 15.9. The SMILES string of the molecule is CCO[Si](C)(C)CC[Si](C)(C)N1CCN(C)CC1. The van der Waals surface area contributed by atoms with Gasteiger partial charge in [0.1, 0.15) is 8.24 Å².